The third kappa shape index (κ3) is 4.43. The van der Waals surface area contributed by atoms with Crippen molar-refractivity contribution in [2.24, 2.45) is 5.92 Å². The molecule has 0 aliphatic heterocycles. The number of rotatable bonds is 4. The van der Waals surface area contributed by atoms with Crippen LogP contribution in [0.15, 0.2) is 18.2 Å². The maximum absolute atomic E-state index is 13.2. The zero-order valence-corrected chi connectivity index (χ0v) is 12.7. The molecule has 4 nitrogen and oxygen atoms in total. The molecule has 1 aliphatic carbocycles. The van der Waals surface area contributed by atoms with E-state index in [-0.39, 0.29) is 5.91 Å². The summed E-state index contributed by atoms with van der Waals surface area (Å²) in [6.45, 7) is 2.57. The van der Waals surface area contributed by atoms with Gasteiger partial charge in [-0.3, -0.25) is 9.69 Å². The number of nitrogens with zero attached hydrogens (tertiary/aromatic N) is 1. The van der Waals surface area contributed by atoms with Crippen molar-refractivity contribution in [2.45, 2.75) is 38.6 Å². The lowest BCUT2D eigenvalue weighted by Crippen LogP contribution is -2.39. The highest BCUT2D eigenvalue weighted by molar-refractivity contribution is 5.95. The molecule has 0 aromatic heterocycles. The third-order valence-corrected chi connectivity index (χ3v) is 4.29. The summed E-state index contributed by atoms with van der Waals surface area (Å²) >= 11 is 0. The van der Waals surface area contributed by atoms with Crippen LogP contribution in [0.25, 0.3) is 0 Å². The van der Waals surface area contributed by atoms with Gasteiger partial charge < -0.3 is 11.1 Å². The largest absolute Gasteiger partial charge is 0.397 e. The van der Waals surface area contributed by atoms with E-state index in [0.29, 0.717) is 24.0 Å². The molecule has 1 saturated carbocycles. The Balaban J connectivity index is 1.88. The van der Waals surface area contributed by atoms with Gasteiger partial charge in [0.25, 0.3) is 0 Å². The lowest BCUT2D eigenvalue weighted by Gasteiger charge is -2.33. The molecule has 0 bridgehead atoms. The number of amides is 1. The van der Waals surface area contributed by atoms with E-state index in [2.05, 4.69) is 17.1 Å². The van der Waals surface area contributed by atoms with E-state index >= 15 is 0 Å². The Morgan fingerprint density at radius 1 is 1.38 bits per heavy atom. The molecule has 1 aliphatic rings. The summed E-state index contributed by atoms with van der Waals surface area (Å²) in [5.41, 5.74) is 6.44. The number of hydrogen-bond acceptors (Lipinski definition) is 3. The summed E-state index contributed by atoms with van der Waals surface area (Å²) in [4.78, 5) is 14.1. The minimum atomic E-state index is -0.408. The van der Waals surface area contributed by atoms with Crippen molar-refractivity contribution in [1.82, 2.24) is 4.90 Å². The molecule has 3 N–H and O–H groups in total. The van der Waals surface area contributed by atoms with Gasteiger partial charge in [0.05, 0.1) is 17.9 Å². The Kier molecular flexibility index (Phi) is 5.17. The van der Waals surface area contributed by atoms with Gasteiger partial charge in [-0.05, 0) is 56.8 Å². The Morgan fingerprint density at radius 2 is 2.05 bits per heavy atom. The monoisotopic (exact) mass is 293 g/mol. The van der Waals surface area contributed by atoms with E-state index in [9.17, 15) is 9.18 Å². The smallest absolute Gasteiger partial charge is 0.238 e. The van der Waals surface area contributed by atoms with E-state index < -0.39 is 5.82 Å². The van der Waals surface area contributed by atoms with Crippen LogP contribution in [0.4, 0.5) is 15.8 Å². The molecule has 0 atom stereocenters. The molecule has 116 valence electrons. The summed E-state index contributed by atoms with van der Waals surface area (Å²) in [5, 5.41) is 2.68. The molecule has 0 radical (unpaired) electrons. The fourth-order valence-electron chi connectivity index (χ4n) is 2.87. The van der Waals surface area contributed by atoms with E-state index in [1.165, 1.54) is 31.0 Å². The number of benzene rings is 1. The normalized spacial score (nSPS) is 22.3. The predicted octanol–water partition coefficient (Wildman–Crippen LogP) is 2.86. The molecule has 5 heteroatoms. The van der Waals surface area contributed by atoms with Crippen LogP contribution >= 0.6 is 0 Å². The van der Waals surface area contributed by atoms with Crippen molar-refractivity contribution >= 4 is 17.3 Å². The summed E-state index contributed by atoms with van der Waals surface area (Å²) in [7, 11) is 1.97. The van der Waals surface area contributed by atoms with Gasteiger partial charge in [-0.2, -0.15) is 0 Å². The number of nitrogens with one attached hydrogen (secondary N) is 1. The Hall–Kier alpha value is -1.62. The quantitative estimate of drug-likeness (QED) is 0.839. The predicted molar refractivity (Wildman–Crippen MR) is 83.5 cm³/mol. The highest BCUT2D eigenvalue weighted by Gasteiger charge is 2.23. The maximum Gasteiger partial charge on any atom is 0.238 e. The first-order valence-electron chi connectivity index (χ1n) is 7.51. The zero-order valence-electron chi connectivity index (χ0n) is 12.7. The number of nitrogen functional groups attached to an aromatic ring is 1. The van der Waals surface area contributed by atoms with Gasteiger partial charge in [0.2, 0.25) is 5.91 Å². The number of carbonyl (C=O) groups is 1. The minimum Gasteiger partial charge on any atom is -0.397 e. The van der Waals surface area contributed by atoms with Crippen LogP contribution in [-0.4, -0.2) is 30.4 Å². The first-order chi connectivity index (χ1) is 9.95. The highest BCUT2D eigenvalue weighted by atomic mass is 19.1. The molecule has 0 heterocycles. The van der Waals surface area contributed by atoms with Crippen molar-refractivity contribution in [3.63, 3.8) is 0 Å². The van der Waals surface area contributed by atoms with Crippen molar-refractivity contribution < 1.29 is 9.18 Å². The average Bonchev–Trinajstić information content (AvgIpc) is 2.43. The number of hydrogen-bond donors (Lipinski definition) is 2. The molecule has 0 unspecified atom stereocenters. The second-order valence-electron chi connectivity index (χ2n) is 6.11. The fraction of sp³-hybridized carbons (Fsp3) is 0.562. The van der Waals surface area contributed by atoms with Crippen LogP contribution in [0.5, 0.6) is 0 Å². The van der Waals surface area contributed by atoms with Crippen molar-refractivity contribution in [3.05, 3.63) is 24.0 Å². The van der Waals surface area contributed by atoms with Crippen LogP contribution in [0.1, 0.15) is 32.6 Å². The minimum absolute atomic E-state index is 0.159. The summed E-state index contributed by atoms with van der Waals surface area (Å²) in [6, 6.07) is 4.43. The molecule has 1 aromatic carbocycles. The topological polar surface area (TPSA) is 58.4 Å². The molecule has 21 heavy (non-hydrogen) atoms. The van der Waals surface area contributed by atoms with Crippen molar-refractivity contribution in [1.29, 1.82) is 0 Å². The standard InChI is InChI=1S/C16H24FN3O/c1-11-3-6-13(7-4-11)20(2)10-16(21)19-15-9-12(17)5-8-14(15)18/h5,8-9,11,13H,3-4,6-7,10,18H2,1-2H3,(H,19,21). The van der Waals surface area contributed by atoms with Crippen LogP contribution in [0, 0.1) is 11.7 Å². The third-order valence-electron chi connectivity index (χ3n) is 4.29. The first kappa shape index (κ1) is 15.8. The van der Waals surface area contributed by atoms with Crippen LogP contribution < -0.4 is 11.1 Å². The summed E-state index contributed by atoms with van der Waals surface area (Å²) in [6.07, 6.45) is 4.70. The molecular formula is C16H24FN3O. The van der Waals surface area contributed by atoms with E-state index in [4.69, 9.17) is 5.73 Å². The maximum atomic E-state index is 13.2. The molecule has 1 fully saturated rings. The van der Waals surface area contributed by atoms with Gasteiger partial charge in [-0.15, -0.1) is 0 Å². The Bertz CT molecular complexity index is 498. The molecule has 2 rings (SSSR count). The Morgan fingerprint density at radius 3 is 2.71 bits per heavy atom. The van der Waals surface area contributed by atoms with E-state index in [0.717, 1.165) is 18.8 Å². The number of anilines is 2. The zero-order chi connectivity index (χ0) is 15.4. The lowest BCUT2D eigenvalue weighted by molar-refractivity contribution is -0.117. The van der Waals surface area contributed by atoms with Crippen LogP contribution in [-0.2, 0) is 4.79 Å². The van der Waals surface area contributed by atoms with Gasteiger partial charge >= 0.3 is 0 Å². The molecule has 0 saturated heterocycles. The van der Waals surface area contributed by atoms with E-state index in [1.54, 1.807) is 0 Å². The molecule has 1 aromatic rings. The van der Waals surface area contributed by atoms with Crippen molar-refractivity contribution in [2.75, 3.05) is 24.6 Å². The average molecular weight is 293 g/mol. The van der Waals surface area contributed by atoms with Gasteiger partial charge in [0.15, 0.2) is 0 Å². The van der Waals surface area contributed by atoms with Crippen LogP contribution in [0.2, 0.25) is 0 Å². The summed E-state index contributed by atoms with van der Waals surface area (Å²) < 4.78 is 13.2. The van der Waals surface area contributed by atoms with Gasteiger partial charge in [-0.25, -0.2) is 4.39 Å². The van der Waals surface area contributed by atoms with E-state index in [1.807, 2.05) is 7.05 Å². The number of likely N-dealkylation sites (N-methyl/N-ethyl adjacent to an activating group) is 1. The molecule has 0 spiro atoms. The Labute approximate surface area is 125 Å². The van der Waals surface area contributed by atoms with Crippen LogP contribution in [0.3, 0.4) is 0 Å². The number of carbonyl (C=O) groups excluding carboxylic acids is 1. The van der Waals surface area contributed by atoms with Gasteiger partial charge in [-0.1, -0.05) is 6.92 Å². The molecular weight excluding hydrogens is 269 g/mol. The lowest BCUT2D eigenvalue weighted by atomic mass is 9.87. The first-order valence-corrected chi connectivity index (χ1v) is 7.51. The number of halogens is 1. The molecule has 1 amide bonds. The highest BCUT2D eigenvalue weighted by Crippen LogP contribution is 2.26. The van der Waals surface area contributed by atoms with Crippen molar-refractivity contribution in [3.8, 4) is 0 Å². The fourth-order valence-corrected chi connectivity index (χ4v) is 2.87. The second-order valence-corrected chi connectivity index (χ2v) is 6.11. The number of nitrogens with two attached hydrogens (primary N) is 1. The van der Waals surface area contributed by atoms with Gasteiger partial charge in [0, 0.05) is 6.04 Å². The second kappa shape index (κ2) is 6.89. The SMILES string of the molecule is CC1CCC(N(C)CC(=O)Nc2cc(F)ccc2N)CC1. The van der Waals surface area contributed by atoms with Gasteiger partial charge in [0.1, 0.15) is 5.82 Å². The summed E-state index contributed by atoms with van der Waals surface area (Å²) in [5.74, 6) is 0.220.